The molecule has 0 heterocycles. The first kappa shape index (κ1) is 27.6. The maximum Gasteiger partial charge on any atom is 0.328 e. The molecule has 0 radical (unpaired) electrons. The molecule has 3 aromatic rings. The van der Waals surface area contributed by atoms with Crippen LogP contribution in [0.1, 0.15) is 11.1 Å². The molecule has 7 nitrogen and oxygen atoms in total. The van der Waals surface area contributed by atoms with Crippen LogP contribution < -0.4 is 9.80 Å². The minimum atomic E-state index is -1.02. The standard InChI is InChI=1S/C30H35N3O4/c1-31(2)18-19-37-22-29(34)33(28-7-5-6-23(20-28)10-17-30(35)36)21-24-8-11-25(12-9-24)26-13-15-27(16-14-26)32(3)4/h5-17,20H,18-19,21-22H2,1-4H3,(H,35,36). The number of rotatable bonds is 12. The van der Waals surface area contributed by atoms with Crippen LogP contribution in [0.5, 0.6) is 0 Å². The lowest BCUT2D eigenvalue weighted by molar-refractivity contribution is -0.131. The summed E-state index contributed by atoms with van der Waals surface area (Å²) < 4.78 is 5.63. The number of amides is 1. The zero-order valence-corrected chi connectivity index (χ0v) is 21.9. The van der Waals surface area contributed by atoms with E-state index in [1.165, 1.54) is 6.08 Å². The minimum Gasteiger partial charge on any atom is -0.478 e. The molecular weight excluding hydrogens is 466 g/mol. The third-order valence-electron chi connectivity index (χ3n) is 5.82. The first-order valence-electron chi connectivity index (χ1n) is 12.1. The highest BCUT2D eigenvalue weighted by Gasteiger charge is 2.17. The van der Waals surface area contributed by atoms with E-state index in [4.69, 9.17) is 9.84 Å². The maximum atomic E-state index is 13.2. The summed E-state index contributed by atoms with van der Waals surface area (Å²) in [5.41, 5.74) is 5.71. The molecule has 0 saturated carbocycles. The number of carbonyl (C=O) groups is 2. The van der Waals surface area contributed by atoms with Crippen molar-refractivity contribution in [1.82, 2.24) is 4.90 Å². The number of nitrogens with zero attached hydrogens (tertiary/aromatic N) is 3. The Morgan fingerprint density at radius 3 is 2.11 bits per heavy atom. The monoisotopic (exact) mass is 501 g/mol. The summed E-state index contributed by atoms with van der Waals surface area (Å²) in [6.07, 6.45) is 2.60. The maximum absolute atomic E-state index is 13.2. The number of benzene rings is 3. The van der Waals surface area contributed by atoms with Gasteiger partial charge in [0.2, 0.25) is 0 Å². The second kappa shape index (κ2) is 13.4. The number of aliphatic carboxylic acids is 1. The van der Waals surface area contributed by atoms with Gasteiger partial charge < -0.3 is 24.5 Å². The fourth-order valence-electron chi connectivity index (χ4n) is 3.71. The van der Waals surface area contributed by atoms with Crippen molar-refractivity contribution < 1.29 is 19.4 Å². The van der Waals surface area contributed by atoms with Gasteiger partial charge in [-0.05, 0) is 66.7 Å². The summed E-state index contributed by atoms with van der Waals surface area (Å²) >= 11 is 0. The van der Waals surface area contributed by atoms with Gasteiger partial charge in [-0.15, -0.1) is 0 Å². The van der Waals surface area contributed by atoms with Crippen LogP contribution in [0.4, 0.5) is 11.4 Å². The van der Waals surface area contributed by atoms with Gasteiger partial charge in [-0.2, -0.15) is 0 Å². The molecule has 194 valence electrons. The van der Waals surface area contributed by atoms with Crippen molar-refractivity contribution in [3.8, 4) is 11.1 Å². The van der Waals surface area contributed by atoms with Crippen molar-refractivity contribution in [1.29, 1.82) is 0 Å². The summed E-state index contributed by atoms with van der Waals surface area (Å²) in [6.45, 7) is 1.50. The van der Waals surface area contributed by atoms with Crippen LogP contribution in [-0.4, -0.2) is 69.8 Å². The number of carbonyl (C=O) groups excluding carboxylic acids is 1. The number of likely N-dealkylation sites (N-methyl/N-ethyl adjacent to an activating group) is 1. The molecule has 1 amide bonds. The van der Waals surface area contributed by atoms with E-state index in [9.17, 15) is 9.59 Å². The summed E-state index contributed by atoms with van der Waals surface area (Å²) in [6, 6.07) is 23.8. The topological polar surface area (TPSA) is 73.3 Å². The van der Waals surface area contributed by atoms with Crippen molar-refractivity contribution in [2.45, 2.75) is 6.54 Å². The Hall–Kier alpha value is -3.94. The second-order valence-electron chi connectivity index (χ2n) is 9.24. The van der Waals surface area contributed by atoms with Crippen molar-refractivity contribution in [3.05, 3.63) is 90.0 Å². The highest BCUT2D eigenvalue weighted by Crippen LogP contribution is 2.25. The smallest absolute Gasteiger partial charge is 0.328 e. The molecule has 1 N–H and O–H groups in total. The molecule has 0 spiro atoms. The van der Waals surface area contributed by atoms with Crippen LogP contribution in [0.3, 0.4) is 0 Å². The number of anilines is 2. The van der Waals surface area contributed by atoms with E-state index in [-0.39, 0.29) is 12.5 Å². The van der Waals surface area contributed by atoms with E-state index in [2.05, 4.69) is 41.3 Å². The average Bonchev–Trinajstić information content (AvgIpc) is 2.89. The molecule has 0 atom stereocenters. The average molecular weight is 502 g/mol. The van der Waals surface area contributed by atoms with Gasteiger partial charge >= 0.3 is 5.97 Å². The van der Waals surface area contributed by atoms with E-state index >= 15 is 0 Å². The largest absolute Gasteiger partial charge is 0.478 e. The lowest BCUT2D eigenvalue weighted by Crippen LogP contribution is -2.34. The van der Waals surface area contributed by atoms with Gasteiger partial charge in [-0.1, -0.05) is 48.5 Å². The van der Waals surface area contributed by atoms with Gasteiger partial charge in [0, 0.05) is 38.1 Å². The van der Waals surface area contributed by atoms with Gasteiger partial charge in [0.1, 0.15) is 6.61 Å². The van der Waals surface area contributed by atoms with Crippen molar-refractivity contribution in [2.24, 2.45) is 0 Å². The highest BCUT2D eigenvalue weighted by molar-refractivity contribution is 5.94. The summed E-state index contributed by atoms with van der Waals surface area (Å²) in [7, 11) is 7.94. The number of hydrogen-bond acceptors (Lipinski definition) is 5. The van der Waals surface area contributed by atoms with Crippen molar-refractivity contribution in [3.63, 3.8) is 0 Å². The Kier molecular flexibility index (Phi) is 10.0. The zero-order chi connectivity index (χ0) is 26.8. The Balaban J connectivity index is 1.80. The van der Waals surface area contributed by atoms with Crippen molar-refractivity contribution in [2.75, 3.05) is 57.7 Å². The molecule has 0 bridgehead atoms. The lowest BCUT2D eigenvalue weighted by Gasteiger charge is -2.24. The van der Waals surface area contributed by atoms with Gasteiger partial charge in [0.15, 0.2) is 0 Å². The molecule has 0 aliphatic rings. The van der Waals surface area contributed by atoms with Gasteiger partial charge in [-0.3, -0.25) is 4.79 Å². The second-order valence-corrected chi connectivity index (χ2v) is 9.24. The van der Waals surface area contributed by atoms with Crippen LogP contribution in [-0.2, 0) is 20.9 Å². The lowest BCUT2D eigenvalue weighted by atomic mass is 10.0. The quantitative estimate of drug-likeness (QED) is 0.288. The van der Waals surface area contributed by atoms with Crippen LogP contribution in [0.25, 0.3) is 17.2 Å². The molecule has 37 heavy (non-hydrogen) atoms. The minimum absolute atomic E-state index is 0.0423. The van der Waals surface area contributed by atoms with Crippen LogP contribution in [0, 0.1) is 0 Å². The zero-order valence-electron chi connectivity index (χ0n) is 21.9. The van der Waals surface area contributed by atoms with E-state index in [0.29, 0.717) is 24.4 Å². The first-order chi connectivity index (χ1) is 17.7. The van der Waals surface area contributed by atoms with Crippen molar-refractivity contribution >= 4 is 29.3 Å². The first-order valence-corrected chi connectivity index (χ1v) is 12.1. The molecule has 3 rings (SSSR count). The number of carboxylic acid groups (broad SMARTS) is 1. The molecule has 0 aliphatic heterocycles. The summed E-state index contributed by atoms with van der Waals surface area (Å²) in [4.78, 5) is 29.9. The molecule has 0 aliphatic carbocycles. The SMILES string of the molecule is CN(C)CCOCC(=O)N(Cc1ccc(-c2ccc(N(C)C)cc2)cc1)c1cccc(C=CC(=O)O)c1. The Bertz CT molecular complexity index is 1200. The predicted molar refractivity (Wildman–Crippen MR) is 150 cm³/mol. The molecule has 0 aromatic heterocycles. The van der Waals surface area contributed by atoms with E-state index in [0.717, 1.165) is 35.0 Å². The summed E-state index contributed by atoms with van der Waals surface area (Å²) in [5.74, 6) is -1.19. The van der Waals surface area contributed by atoms with Gasteiger partial charge in [-0.25, -0.2) is 4.79 Å². The third kappa shape index (κ3) is 8.59. The Labute approximate surface area is 219 Å². The fraction of sp³-hybridized carbons (Fsp3) is 0.267. The molecule has 0 fully saturated rings. The number of ether oxygens (including phenoxy) is 1. The summed E-state index contributed by atoms with van der Waals surface area (Å²) in [5, 5.41) is 8.96. The third-order valence-corrected chi connectivity index (χ3v) is 5.82. The number of hydrogen-bond donors (Lipinski definition) is 1. The molecule has 3 aromatic carbocycles. The highest BCUT2D eigenvalue weighted by atomic mass is 16.5. The van der Waals surface area contributed by atoms with Gasteiger partial charge in [0.25, 0.3) is 5.91 Å². The van der Waals surface area contributed by atoms with Crippen LogP contribution >= 0.6 is 0 Å². The predicted octanol–water partition coefficient (Wildman–Crippen LogP) is 4.63. The normalized spacial score (nSPS) is 11.2. The molecular formula is C30H35N3O4. The van der Waals surface area contributed by atoms with E-state index in [1.807, 2.05) is 57.4 Å². The Morgan fingerprint density at radius 2 is 1.51 bits per heavy atom. The fourth-order valence-corrected chi connectivity index (χ4v) is 3.71. The molecule has 7 heteroatoms. The Morgan fingerprint density at radius 1 is 0.865 bits per heavy atom. The molecule has 0 saturated heterocycles. The van der Waals surface area contributed by atoms with E-state index < -0.39 is 5.97 Å². The van der Waals surface area contributed by atoms with E-state index in [1.54, 1.807) is 17.0 Å². The molecule has 0 unspecified atom stereocenters. The van der Waals surface area contributed by atoms with Crippen LogP contribution in [0.2, 0.25) is 0 Å². The van der Waals surface area contributed by atoms with Crippen LogP contribution in [0.15, 0.2) is 78.9 Å². The number of carboxylic acids is 1. The van der Waals surface area contributed by atoms with Gasteiger partial charge in [0.05, 0.1) is 13.2 Å².